The minimum atomic E-state index is -1.29. The van der Waals surface area contributed by atoms with E-state index in [9.17, 15) is 9.90 Å². The van der Waals surface area contributed by atoms with Crippen LogP contribution in [0, 0.1) is 11.8 Å². The Bertz CT molecular complexity index is 1140. The largest absolute Gasteiger partial charge is 0.497 e. The summed E-state index contributed by atoms with van der Waals surface area (Å²) < 4.78 is 18.0. The van der Waals surface area contributed by atoms with Crippen LogP contribution in [0.15, 0.2) is 30.9 Å². The SMILES string of the molecule is C=CC(=O)N1CC[C@H](n2nc(C#Cc3cc(OC)cc(OC)c3)c(C(N)O)c2NC2CCOCC2)C1. The van der Waals surface area contributed by atoms with Gasteiger partial charge in [0.1, 0.15) is 29.2 Å². The topological polar surface area (TPSA) is 124 Å². The van der Waals surface area contributed by atoms with Crippen LogP contribution in [0.4, 0.5) is 5.82 Å². The Morgan fingerprint density at radius 1 is 1.25 bits per heavy atom. The van der Waals surface area contributed by atoms with Gasteiger partial charge in [0.05, 0.1) is 25.8 Å². The number of carbonyl (C=O) groups excluding carboxylic acids is 1. The number of amides is 1. The van der Waals surface area contributed by atoms with Crippen molar-refractivity contribution in [2.75, 3.05) is 45.8 Å². The third-order valence-corrected chi connectivity index (χ3v) is 6.48. The predicted octanol–water partition coefficient (Wildman–Crippen LogP) is 1.80. The molecule has 10 nitrogen and oxygen atoms in total. The lowest BCUT2D eigenvalue weighted by Crippen LogP contribution is -2.31. The number of nitrogens with one attached hydrogen (secondary N) is 1. The summed E-state index contributed by atoms with van der Waals surface area (Å²) in [7, 11) is 3.15. The zero-order valence-electron chi connectivity index (χ0n) is 20.7. The van der Waals surface area contributed by atoms with E-state index < -0.39 is 6.23 Å². The highest BCUT2D eigenvalue weighted by Crippen LogP contribution is 2.33. The molecule has 2 aliphatic rings. The van der Waals surface area contributed by atoms with Gasteiger partial charge in [0.2, 0.25) is 5.91 Å². The minimum absolute atomic E-state index is 0.0961. The molecule has 1 amide bonds. The number of aliphatic hydroxyl groups excluding tert-OH is 1. The molecule has 36 heavy (non-hydrogen) atoms. The second kappa shape index (κ2) is 11.5. The van der Waals surface area contributed by atoms with Crippen LogP contribution in [0.25, 0.3) is 0 Å². The summed E-state index contributed by atoms with van der Waals surface area (Å²) in [6, 6.07) is 5.40. The van der Waals surface area contributed by atoms with Crippen LogP contribution in [-0.2, 0) is 9.53 Å². The third kappa shape index (κ3) is 5.65. The lowest BCUT2D eigenvalue weighted by molar-refractivity contribution is -0.125. The highest BCUT2D eigenvalue weighted by Gasteiger charge is 2.32. The van der Waals surface area contributed by atoms with E-state index in [2.05, 4.69) is 23.7 Å². The first-order chi connectivity index (χ1) is 17.4. The van der Waals surface area contributed by atoms with E-state index in [4.69, 9.17) is 25.0 Å². The molecule has 0 bridgehead atoms. The zero-order chi connectivity index (χ0) is 25.7. The van der Waals surface area contributed by atoms with Crippen molar-refractivity contribution in [1.82, 2.24) is 14.7 Å². The Balaban J connectivity index is 1.74. The van der Waals surface area contributed by atoms with E-state index in [1.165, 1.54) is 6.08 Å². The minimum Gasteiger partial charge on any atom is -0.497 e. The summed E-state index contributed by atoms with van der Waals surface area (Å²) in [6.45, 7) is 5.98. The summed E-state index contributed by atoms with van der Waals surface area (Å²) >= 11 is 0. The molecule has 2 fully saturated rings. The molecule has 0 radical (unpaired) electrons. The van der Waals surface area contributed by atoms with E-state index in [-0.39, 0.29) is 18.0 Å². The van der Waals surface area contributed by atoms with Gasteiger partial charge in [-0.3, -0.25) is 4.79 Å². The molecule has 4 rings (SSSR count). The number of benzene rings is 1. The van der Waals surface area contributed by atoms with Crippen LogP contribution in [-0.4, -0.2) is 72.3 Å². The Hall–Kier alpha value is -3.52. The van der Waals surface area contributed by atoms with Crippen molar-refractivity contribution in [2.24, 2.45) is 5.73 Å². The summed E-state index contributed by atoms with van der Waals surface area (Å²) in [5.74, 6) is 7.92. The van der Waals surface area contributed by atoms with Gasteiger partial charge >= 0.3 is 0 Å². The van der Waals surface area contributed by atoms with Crippen LogP contribution < -0.4 is 20.5 Å². The third-order valence-electron chi connectivity index (χ3n) is 6.48. The van der Waals surface area contributed by atoms with E-state index in [0.717, 1.165) is 12.8 Å². The first-order valence-electron chi connectivity index (χ1n) is 12.0. The molecule has 1 unspecified atom stereocenters. The number of nitrogens with two attached hydrogens (primary N) is 1. The molecule has 3 heterocycles. The Kier molecular flexibility index (Phi) is 8.15. The molecule has 0 spiro atoms. The van der Waals surface area contributed by atoms with Gasteiger partial charge in [-0.2, -0.15) is 5.10 Å². The fraction of sp³-hybridized carbons (Fsp3) is 0.462. The monoisotopic (exact) mass is 495 g/mol. The van der Waals surface area contributed by atoms with E-state index in [0.29, 0.717) is 66.9 Å². The standard InChI is InChI=1S/C26H33N5O5/c1-4-23(32)30-10-7-19(16-30)31-26(28-18-8-11-36-12-9-18)24(25(27)33)22(29-31)6-5-17-13-20(34-2)15-21(14-17)35-3/h4,13-15,18-19,25,28,33H,1,7-12,16,27H2,2-3H3/t19-,25?/m0/s1. The van der Waals surface area contributed by atoms with Crippen molar-refractivity contribution in [3.8, 4) is 23.3 Å². The second-order valence-corrected chi connectivity index (χ2v) is 8.81. The van der Waals surface area contributed by atoms with Crippen LogP contribution in [0.5, 0.6) is 11.5 Å². The number of nitrogens with zero attached hydrogens (tertiary/aromatic N) is 3. The maximum absolute atomic E-state index is 12.2. The van der Waals surface area contributed by atoms with Crippen molar-refractivity contribution >= 4 is 11.7 Å². The summed E-state index contributed by atoms with van der Waals surface area (Å²) in [4.78, 5) is 13.9. The lowest BCUT2D eigenvalue weighted by Gasteiger charge is -2.26. The van der Waals surface area contributed by atoms with Gasteiger partial charge in [-0.25, -0.2) is 4.68 Å². The van der Waals surface area contributed by atoms with Gasteiger partial charge in [-0.1, -0.05) is 12.5 Å². The first kappa shape index (κ1) is 25.6. The normalized spacial score (nSPS) is 18.8. The molecule has 2 aliphatic heterocycles. The number of rotatable bonds is 7. The van der Waals surface area contributed by atoms with Gasteiger partial charge in [-0.05, 0) is 43.4 Å². The van der Waals surface area contributed by atoms with Gasteiger partial charge in [0.25, 0.3) is 0 Å². The number of ether oxygens (including phenoxy) is 3. The van der Waals surface area contributed by atoms with Crippen LogP contribution in [0.2, 0.25) is 0 Å². The number of likely N-dealkylation sites (tertiary alicyclic amines) is 1. The van der Waals surface area contributed by atoms with Crippen molar-refractivity contribution in [1.29, 1.82) is 0 Å². The Morgan fingerprint density at radius 2 is 1.94 bits per heavy atom. The van der Waals surface area contributed by atoms with Gasteiger partial charge < -0.3 is 35.3 Å². The molecule has 2 saturated heterocycles. The highest BCUT2D eigenvalue weighted by atomic mass is 16.5. The van der Waals surface area contributed by atoms with Crippen LogP contribution >= 0.6 is 0 Å². The molecular formula is C26H33N5O5. The number of carbonyl (C=O) groups is 1. The summed E-state index contributed by atoms with van der Waals surface area (Å²) in [6.07, 6.45) is 2.38. The first-order valence-corrected chi connectivity index (χ1v) is 12.0. The van der Waals surface area contributed by atoms with Crippen molar-refractivity contribution < 1.29 is 24.1 Å². The smallest absolute Gasteiger partial charge is 0.246 e. The molecule has 192 valence electrons. The van der Waals surface area contributed by atoms with Crippen LogP contribution in [0.1, 0.15) is 48.4 Å². The molecule has 1 aromatic carbocycles. The van der Waals surface area contributed by atoms with E-state index in [1.807, 2.05) is 4.68 Å². The van der Waals surface area contributed by atoms with E-state index in [1.54, 1.807) is 37.3 Å². The lowest BCUT2D eigenvalue weighted by atomic mass is 10.1. The fourth-order valence-corrected chi connectivity index (χ4v) is 4.54. The quantitative estimate of drug-likeness (QED) is 0.302. The summed E-state index contributed by atoms with van der Waals surface area (Å²) in [5, 5.41) is 18.9. The fourth-order valence-electron chi connectivity index (χ4n) is 4.54. The maximum atomic E-state index is 12.2. The van der Waals surface area contributed by atoms with Crippen molar-refractivity contribution in [2.45, 2.75) is 37.6 Å². The van der Waals surface area contributed by atoms with Gasteiger partial charge in [-0.15, -0.1) is 0 Å². The molecule has 4 N–H and O–H groups in total. The molecule has 1 aromatic heterocycles. The maximum Gasteiger partial charge on any atom is 0.246 e. The molecule has 2 atom stereocenters. The molecule has 0 saturated carbocycles. The molecule has 2 aromatic rings. The van der Waals surface area contributed by atoms with Crippen LogP contribution in [0.3, 0.4) is 0 Å². The average Bonchev–Trinajstić information content (AvgIpc) is 3.52. The number of methoxy groups -OCH3 is 2. The number of hydrogen-bond donors (Lipinski definition) is 3. The van der Waals surface area contributed by atoms with Gasteiger partial charge in [0, 0.05) is 44.0 Å². The number of aliphatic hydroxyl groups is 1. The average molecular weight is 496 g/mol. The highest BCUT2D eigenvalue weighted by molar-refractivity contribution is 5.87. The Morgan fingerprint density at radius 3 is 2.56 bits per heavy atom. The molecular weight excluding hydrogens is 462 g/mol. The van der Waals surface area contributed by atoms with E-state index >= 15 is 0 Å². The number of anilines is 1. The zero-order valence-corrected chi connectivity index (χ0v) is 20.7. The predicted molar refractivity (Wildman–Crippen MR) is 135 cm³/mol. The number of hydrogen-bond acceptors (Lipinski definition) is 8. The second-order valence-electron chi connectivity index (χ2n) is 8.81. The molecule has 10 heteroatoms. The molecule has 0 aliphatic carbocycles. The van der Waals surface area contributed by atoms with Gasteiger partial charge in [0.15, 0.2) is 0 Å². The summed E-state index contributed by atoms with van der Waals surface area (Å²) in [5.41, 5.74) is 7.51. The Labute approximate surface area is 211 Å². The van der Waals surface area contributed by atoms with Crippen molar-refractivity contribution in [3.05, 3.63) is 47.7 Å². The number of aromatic nitrogens is 2. The van der Waals surface area contributed by atoms with Crippen molar-refractivity contribution in [3.63, 3.8) is 0 Å².